The molecule has 0 bridgehead atoms. The Morgan fingerprint density at radius 2 is 1.89 bits per heavy atom. The second kappa shape index (κ2) is 6.70. The Hall–Kier alpha value is -1.65. The van der Waals surface area contributed by atoms with Gasteiger partial charge in [0.1, 0.15) is 11.7 Å². The average molecular weight is 389 g/mol. The van der Waals surface area contributed by atoms with Crippen LogP contribution in [0.5, 0.6) is 0 Å². The van der Waals surface area contributed by atoms with Gasteiger partial charge >= 0.3 is 11.9 Å². The number of hydrogen-bond donors (Lipinski definition) is 0. The van der Waals surface area contributed by atoms with Gasteiger partial charge in [0.15, 0.2) is 5.78 Å². The maximum absolute atomic E-state index is 12.9. The fraction of sp³-hybridized carbons (Fsp3) is 0.783. The molecule has 0 spiro atoms. The van der Waals surface area contributed by atoms with E-state index < -0.39 is 5.60 Å². The van der Waals surface area contributed by atoms with Crippen molar-refractivity contribution in [3.05, 3.63) is 11.6 Å². The fourth-order valence-electron chi connectivity index (χ4n) is 7.15. The van der Waals surface area contributed by atoms with Crippen molar-refractivity contribution < 1.29 is 23.9 Å². The van der Waals surface area contributed by atoms with E-state index in [1.54, 1.807) is 6.92 Å². The van der Waals surface area contributed by atoms with Crippen LogP contribution in [0.1, 0.15) is 72.6 Å². The van der Waals surface area contributed by atoms with Gasteiger partial charge in [-0.2, -0.15) is 0 Å². The third-order valence-electron chi connectivity index (χ3n) is 8.46. The van der Waals surface area contributed by atoms with Crippen molar-refractivity contribution in [1.82, 2.24) is 0 Å². The number of carbonyl (C=O) groups is 3. The van der Waals surface area contributed by atoms with Crippen LogP contribution in [0, 0.1) is 29.1 Å². The molecule has 7 unspecified atom stereocenters. The number of Topliss-reactive ketones (excluding diaryl/α,β-unsaturated/α-hetero) is 1. The van der Waals surface area contributed by atoms with E-state index in [9.17, 15) is 14.4 Å². The summed E-state index contributed by atoms with van der Waals surface area (Å²) in [6.07, 6.45) is 8.14. The van der Waals surface area contributed by atoms with Crippen LogP contribution >= 0.6 is 0 Å². The molecule has 2 saturated carbocycles. The summed E-state index contributed by atoms with van der Waals surface area (Å²) in [5, 5.41) is 0. The minimum atomic E-state index is -0.777. The van der Waals surface area contributed by atoms with Crippen molar-refractivity contribution in [2.45, 2.75) is 84.3 Å². The zero-order chi connectivity index (χ0) is 20.3. The van der Waals surface area contributed by atoms with Gasteiger partial charge in [0.25, 0.3) is 0 Å². The molecule has 5 heteroatoms. The van der Waals surface area contributed by atoms with Crippen molar-refractivity contribution in [3.63, 3.8) is 0 Å². The predicted octanol–water partition coefficient (Wildman–Crippen LogP) is 3.99. The highest BCUT2D eigenvalue weighted by molar-refractivity contribution is 5.96. The second-order valence-electron chi connectivity index (χ2n) is 9.86. The van der Waals surface area contributed by atoms with E-state index in [0.717, 1.165) is 38.5 Å². The second-order valence-corrected chi connectivity index (χ2v) is 9.86. The van der Waals surface area contributed by atoms with Gasteiger partial charge in [0.2, 0.25) is 0 Å². The average Bonchev–Trinajstić information content (AvgIpc) is 2.87. The molecule has 0 aromatic rings. The number of esters is 2. The molecule has 28 heavy (non-hydrogen) atoms. The Labute approximate surface area is 167 Å². The molecule has 4 rings (SSSR count). The van der Waals surface area contributed by atoms with Crippen molar-refractivity contribution >= 4 is 17.7 Å². The molecule has 4 aliphatic rings. The lowest BCUT2D eigenvalue weighted by Crippen LogP contribution is -2.51. The molecule has 1 saturated heterocycles. The smallest absolute Gasteiger partial charge is 0.306 e. The van der Waals surface area contributed by atoms with E-state index >= 15 is 0 Å². The van der Waals surface area contributed by atoms with Gasteiger partial charge in [-0.05, 0) is 75.5 Å². The van der Waals surface area contributed by atoms with Crippen molar-refractivity contribution in [2.75, 3.05) is 0 Å². The Balaban J connectivity index is 1.62. The summed E-state index contributed by atoms with van der Waals surface area (Å²) < 4.78 is 11.5. The summed E-state index contributed by atoms with van der Waals surface area (Å²) in [5.74, 6) is 0.943. The zero-order valence-electron chi connectivity index (χ0n) is 17.5. The van der Waals surface area contributed by atoms with Gasteiger partial charge in [0.05, 0.1) is 0 Å². The van der Waals surface area contributed by atoms with Crippen LogP contribution in [0.2, 0.25) is 0 Å². The van der Waals surface area contributed by atoms with Gasteiger partial charge < -0.3 is 9.47 Å². The highest BCUT2D eigenvalue weighted by Gasteiger charge is 2.60. The normalized spacial score (nSPS) is 44.9. The first-order valence-corrected chi connectivity index (χ1v) is 10.8. The van der Waals surface area contributed by atoms with Crippen LogP contribution in [0.15, 0.2) is 11.6 Å². The number of ketones is 1. The van der Waals surface area contributed by atoms with E-state index in [1.165, 1.54) is 6.92 Å². The Morgan fingerprint density at radius 3 is 2.57 bits per heavy atom. The molecule has 0 aromatic carbocycles. The van der Waals surface area contributed by atoms with Crippen LogP contribution in [-0.4, -0.2) is 29.4 Å². The van der Waals surface area contributed by atoms with Gasteiger partial charge in [0, 0.05) is 24.8 Å². The predicted molar refractivity (Wildman–Crippen MR) is 103 cm³/mol. The summed E-state index contributed by atoms with van der Waals surface area (Å²) in [4.78, 5) is 36.4. The molecule has 7 atom stereocenters. The third-order valence-corrected chi connectivity index (χ3v) is 8.46. The zero-order valence-corrected chi connectivity index (χ0v) is 17.5. The van der Waals surface area contributed by atoms with E-state index in [1.807, 2.05) is 13.0 Å². The van der Waals surface area contributed by atoms with E-state index in [0.29, 0.717) is 23.8 Å². The molecule has 3 fully saturated rings. The number of allylic oxidation sites excluding steroid dienone is 1. The number of rotatable bonds is 2. The van der Waals surface area contributed by atoms with E-state index in [-0.39, 0.29) is 41.1 Å². The topological polar surface area (TPSA) is 69.7 Å². The highest BCUT2D eigenvalue weighted by Crippen LogP contribution is 2.62. The standard InChI is InChI=1S/C23H32O5/c1-13(24)18-7-8-19-17-6-5-15-11-16(27-14(2)25)9-10-22(15,3)20(17)12-21(26)28-23(18,19)4/h7,15-17,19-20H,5-6,8-12H2,1-4H3. The lowest BCUT2D eigenvalue weighted by atomic mass is 9.49. The van der Waals surface area contributed by atoms with Crippen molar-refractivity contribution in [2.24, 2.45) is 29.1 Å². The summed E-state index contributed by atoms with van der Waals surface area (Å²) in [5.41, 5.74) is -0.0409. The summed E-state index contributed by atoms with van der Waals surface area (Å²) in [6, 6.07) is 0. The molecule has 1 aliphatic heterocycles. The van der Waals surface area contributed by atoms with E-state index in [4.69, 9.17) is 9.47 Å². The van der Waals surface area contributed by atoms with Crippen LogP contribution < -0.4 is 0 Å². The summed E-state index contributed by atoms with van der Waals surface area (Å²) in [6.45, 7) is 7.34. The van der Waals surface area contributed by atoms with Crippen LogP contribution in [0.4, 0.5) is 0 Å². The largest absolute Gasteiger partial charge is 0.463 e. The Kier molecular flexibility index (Phi) is 4.71. The highest BCUT2D eigenvalue weighted by atomic mass is 16.6. The molecule has 0 radical (unpaired) electrons. The van der Waals surface area contributed by atoms with Crippen molar-refractivity contribution in [3.8, 4) is 0 Å². The first-order valence-electron chi connectivity index (χ1n) is 10.8. The minimum Gasteiger partial charge on any atom is -0.463 e. The third kappa shape index (κ3) is 2.93. The first-order chi connectivity index (χ1) is 13.1. The van der Waals surface area contributed by atoms with Gasteiger partial charge in [-0.3, -0.25) is 14.4 Å². The SMILES string of the molecule is CC(=O)OC1CCC2(C)C(CCC3C4CC=C(C(C)=O)C4(C)OC(=O)CC32)C1. The fourth-order valence-corrected chi connectivity index (χ4v) is 7.15. The molecule has 1 heterocycles. The molecule has 3 aliphatic carbocycles. The first kappa shape index (κ1) is 19.7. The number of ether oxygens (including phenoxy) is 2. The molecule has 0 aromatic heterocycles. The molecular formula is C23H32O5. The number of hydrogen-bond acceptors (Lipinski definition) is 5. The quantitative estimate of drug-likeness (QED) is 0.669. The maximum Gasteiger partial charge on any atom is 0.306 e. The summed E-state index contributed by atoms with van der Waals surface area (Å²) >= 11 is 0. The van der Waals surface area contributed by atoms with Crippen molar-refractivity contribution in [1.29, 1.82) is 0 Å². The van der Waals surface area contributed by atoms with Crippen LogP contribution in [-0.2, 0) is 23.9 Å². The summed E-state index contributed by atoms with van der Waals surface area (Å²) in [7, 11) is 0. The molecule has 5 nitrogen and oxygen atoms in total. The maximum atomic E-state index is 12.9. The number of carbonyl (C=O) groups excluding carboxylic acids is 3. The Bertz CT molecular complexity index is 739. The van der Waals surface area contributed by atoms with Crippen LogP contribution in [0.3, 0.4) is 0 Å². The van der Waals surface area contributed by atoms with Gasteiger partial charge in [-0.1, -0.05) is 13.0 Å². The van der Waals surface area contributed by atoms with E-state index in [2.05, 4.69) is 6.92 Å². The Morgan fingerprint density at radius 1 is 1.14 bits per heavy atom. The monoisotopic (exact) mass is 388 g/mol. The lowest BCUT2D eigenvalue weighted by molar-refractivity contribution is -0.157. The molecular weight excluding hydrogens is 356 g/mol. The molecule has 154 valence electrons. The molecule has 0 amide bonds. The number of fused-ring (bicyclic) bond motifs is 5. The molecule has 0 N–H and O–H groups in total. The lowest BCUT2D eigenvalue weighted by Gasteiger charge is -2.55. The van der Waals surface area contributed by atoms with Gasteiger partial charge in [-0.25, -0.2) is 0 Å². The van der Waals surface area contributed by atoms with Crippen LogP contribution in [0.25, 0.3) is 0 Å². The van der Waals surface area contributed by atoms with Gasteiger partial charge in [-0.15, -0.1) is 0 Å². The minimum absolute atomic E-state index is 0.00702.